The van der Waals surface area contributed by atoms with Gasteiger partial charge < -0.3 is 4.74 Å². The van der Waals surface area contributed by atoms with E-state index in [-0.39, 0.29) is 23.7 Å². The molecule has 1 aliphatic heterocycles. The number of aromatic nitrogens is 1. The van der Waals surface area contributed by atoms with Crippen molar-refractivity contribution in [3.05, 3.63) is 24.0 Å². The molecule has 1 amide bonds. The molecule has 2 aromatic rings. The van der Waals surface area contributed by atoms with E-state index in [0.29, 0.717) is 17.2 Å². The van der Waals surface area contributed by atoms with Gasteiger partial charge in [0.2, 0.25) is 5.91 Å². The molecule has 1 aromatic carbocycles. The molecular weight excluding hydrogens is 303 g/mol. The van der Waals surface area contributed by atoms with Crippen molar-refractivity contribution < 1.29 is 13.9 Å². The van der Waals surface area contributed by atoms with E-state index in [0.717, 1.165) is 37.0 Å². The van der Waals surface area contributed by atoms with Crippen LogP contribution < -0.4 is 4.90 Å². The summed E-state index contributed by atoms with van der Waals surface area (Å²) in [7, 11) is 0. The maximum atomic E-state index is 13.9. The first-order chi connectivity index (χ1) is 10.7. The van der Waals surface area contributed by atoms with Gasteiger partial charge in [-0.25, -0.2) is 9.37 Å². The van der Waals surface area contributed by atoms with Crippen molar-refractivity contribution in [3.8, 4) is 0 Å². The van der Waals surface area contributed by atoms with Crippen molar-refractivity contribution in [2.45, 2.75) is 31.8 Å². The zero-order valence-corrected chi connectivity index (χ0v) is 12.9. The Labute approximate surface area is 131 Å². The second kappa shape index (κ2) is 5.59. The zero-order valence-electron chi connectivity index (χ0n) is 12.1. The summed E-state index contributed by atoms with van der Waals surface area (Å²) in [5, 5.41) is 0.590. The lowest BCUT2D eigenvalue weighted by molar-refractivity contribution is -0.120. The molecule has 1 saturated heterocycles. The van der Waals surface area contributed by atoms with Crippen LogP contribution in [-0.2, 0) is 9.53 Å². The minimum Gasteiger partial charge on any atom is -0.376 e. The van der Waals surface area contributed by atoms with Crippen LogP contribution in [-0.4, -0.2) is 30.1 Å². The quantitative estimate of drug-likeness (QED) is 0.867. The molecule has 116 valence electrons. The molecule has 22 heavy (non-hydrogen) atoms. The molecule has 2 fully saturated rings. The highest BCUT2D eigenvalue weighted by molar-refractivity contribution is 7.22. The number of rotatable bonds is 4. The van der Waals surface area contributed by atoms with Crippen LogP contribution in [0.2, 0.25) is 0 Å². The molecule has 1 aromatic heterocycles. The van der Waals surface area contributed by atoms with E-state index >= 15 is 0 Å². The average Bonchev–Trinajstić information content (AvgIpc) is 3.06. The van der Waals surface area contributed by atoms with Gasteiger partial charge in [0, 0.05) is 12.5 Å². The number of hydrogen-bond donors (Lipinski definition) is 0. The standard InChI is InChI=1S/C16H17FN2O2S/c17-12-4-1-5-13-14(12)18-16(22-13)19(15(20)10-6-7-10)9-11-3-2-8-21-11/h1,4-5,10-11H,2-3,6-9H2/t11-/m1/s1. The lowest BCUT2D eigenvalue weighted by atomic mass is 10.2. The number of halogens is 1. The van der Waals surface area contributed by atoms with Gasteiger partial charge in [0.25, 0.3) is 0 Å². The Morgan fingerprint density at radius 3 is 2.95 bits per heavy atom. The largest absolute Gasteiger partial charge is 0.376 e. The Morgan fingerprint density at radius 2 is 2.27 bits per heavy atom. The monoisotopic (exact) mass is 320 g/mol. The third kappa shape index (κ3) is 2.61. The van der Waals surface area contributed by atoms with Gasteiger partial charge in [0.1, 0.15) is 11.3 Å². The zero-order chi connectivity index (χ0) is 15.1. The first-order valence-corrected chi connectivity index (χ1v) is 8.52. The fourth-order valence-corrected chi connectivity index (χ4v) is 3.82. The predicted octanol–water partition coefficient (Wildman–Crippen LogP) is 3.36. The van der Waals surface area contributed by atoms with Crippen LogP contribution in [0, 0.1) is 11.7 Å². The van der Waals surface area contributed by atoms with Crippen molar-refractivity contribution >= 4 is 32.6 Å². The number of amides is 1. The van der Waals surface area contributed by atoms with Crippen LogP contribution in [0.4, 0.5) is 9.52 Å². The fourth-order valence-electron chi connectivity index (χ4n) is 2.82. The lowest BCUT2D eigenvalue weighted by Gasteiger charge is -2.22. The minimum absolute atomic E-state index is 0.0690. The molecule has 2 aliphatic rings. The second-order valence-corrected chi connectivity index (χ2v) is 6.95. The van der Waals surface area contributed by atoms with Gasteiger partial charge in [-0.2, -0.15) is 0 Å². The summed E-state index contributed by atoms with van der Waals surface area (Å²) in [6.07, 6.45) is 3.96. The number of ether oxygens (including phenoxy) is 1. The number of para-hydroxylation sites is 1. The van der Waals surface area contributed by atoms with Crippen molar-refractivity contribution in [2.24, 2.45) is 5.92 Å². The highest BCUT2D eigenvalue weighted by Gasteiger charge is 2.36. The van der Waals surface area contributed by atoms with Gasteiger partial charge in [-0.3, -0.25) is 9.69 Å². The summed E-state index contributed by atoms with van der Waals surface area (Å²) in [6, 6.07) is 4.91. The highest BCUT2D eigenvalue weighted by Crippen LogP contribution is 2.36. The predicted molar refractivity (Wildman–Crippen MR) is 83.6 cm³/mol. The molecule has 0 radical (unpaired) electrons. The molecule has 0 unspecified atom stereocenters. The fraction of sp³-hybridized carbons (Fsp3) is 0.500. The van der Waals surface area contributed by atoms with E-state index in [1.165, 1.54) is 17.4 Å². The first kappa shape index (κ1) is 14.1. The molecule has 4 rings (SSSR count). The second-order valence-electron chi connectivity index (χ2n) is 5.94. The molecule has 4 nitrogen and oxygen atoms in total. The Morgan fingerprint density at radius 1 is 1.41 bits per heavy atom. The number of benzene rings is 1. The normalized spacial score (nSPS) is 21.4. The van der Waals surface area contributed by atoms with Crippen LogP contribution in [0.3, 0.4) is 0 Å². The van der Waals surface area contributed by atoms with E-state index in [1.54, 1.807) is 11.0 Å². The van der Waals surface area contributed by atoms with E-state index in [9.17, 15) is 9.18 Å². The Kier molecular flexibility index (Phi) is 3.58. The van der Waals surface area contributed by atoms with Crippen molar-refractivity contribution in [1.82, 2.24) is 4.98 Å². The average molecular weight is 320 g/mol. The van der Waals surface area contributed by atoms with Crippen molar-refractivity contribution in [1.29, 1.82) is 0 Å². The molecule has 6 heteroatoms. The van der Waals surface area contributed by atoms with Crippen molar-refractivity contribution in [3.63, 3.8) is 0 Å². The van der Waals surface area contributed by atoms with Crippen molar-refractivity contribution in [2.75, 3.05) is 18.1 Å². The summed E-state index contributed by atoms with van der Waals surface area (Å²) >= 11 is 1.37. The maximum Gasteiger partial charge on any atom is 0.231 e. The summed E-state index contributed by atoms with van der Waals surface area (Å²) in [4.78, 5) is 18.7. The maximum absolute atomic E-state index is 13.9. The summed E-state index contributed by atoms with van der Waals surface area (Å²) in [6.45, 7) is 1.28. The third-order valence-corrected chi connectivity index (χ3v) is 5.24. The summed E-state index contributed by atoms with van der Waals surface area (Å²) in [5.41, 5.74) is 0.350. The SMILES string of the molecule is O=C(C1CC1)N(C[C@H]1CCCO1)c1nc2c(F)cccc2s1. The number of nitrogens with zero attached hydrogens (tertiary/aromatic N) is 2. The molecule has 0 bridgehead atoms. The number of carbonyl (C=O) groups excluding carboxylic acids is 1. The van der Waals surface area contributed by atoms with E-state index < -0.39 is 0 Å². The Balaban J connectivity index is 1.67. The van der Waals surface area contributed by atoms with Gasteiger partial charge in [-0.15, -0.1) is 0 Å². The van der Waals surface area contributed by atoms with Crippen LogP contribution in [0.15, 0.2) is 18.2 Å². The molecule has 0 spiro atoms. The molecule has 1 aliphatic carbocycles. The number of hydrogen-bond acceptors (Lipinski definition) is 4. The van der Waals surface area contributed by atoms with Crippen LogP contribution in [0.5, 0.6) is 0 Å². The Hall–Kier alpha value is -1.53. The Bertz CT molecular complexity index is 707. The third-order valence-electron chi connectivity index (χ3n) is 4.19. The molecule has 1 atom stereocenters. The number of carbonyl (C=O) groups is 1. The number of fused-ring (bicyclic) bond motifs is 1. The van der Waals surface area contributed by atoms with Gasteiger partial charge in [0.15, 0.2) is 5.13 Å². The minimum atomic E-state index is -0.337. The molecular formula is C16H17FN2O2S. The molecule has 0 N–H and O–H groups in total. The summed E-state index contributed by atoms with van der Waals surface area (Å²) < 4.78 is 20.3. The van der Waals surface area contributed by atoms with Gasteiger partial charge in [-0.05, 0) is 37.8 Å². The van der Waals surface area contributed by atoms with Gasteiger partial charge >= 0.3 is 0 Å². The molecule has 2 heterocycles. The first-order valence-electron chi connectivity index (χ1n) is 7.70. The van der Waals surface area contributed by atoms with E-state index in [1.807, 2.05) is 6.07 Å². The van der Waals surface area contributed by atoms with Gasteiger partial charge in [0.05, 0.1) is 17.3 Å². The molecule has 1 saturated carbocycles. The van der Waals surface area contributed by atoms with Crippen LogP contribution in [0.25, 0.3) is 10.2 Å². The lowest BCUT2D eigenvalue weighted by Crippen LogP contribution is -2.38. The smallest absolute Gasteiger partial charge is 0.231 e. The topological polar surface area (TPSA) is 42.4 Å². The van der Waals surface area contributed by atoms with Crippen LogP contribution >= 0.6 is 11.3 Å². The van der Waals surface area contributed by atoms with Gasteiger partial charge in [-0.1, -0.05) is 17.4 Å². The van der Waals surface area contributed by atoms with E-state index in [4.69, 9.17) is 4.74 Å². The summed E-state index contributed by atoms with van der Waals surface area (Å²) in [5.74, 6) is -0.121. The van der Waals surface area contributed by atoms with E-state index in [2.05, 4.69) is 4.98 Å². The number of thiazole rings is 1. The highest BCUT2D eigenvalue weighted by atomic mass is 32.1. The number of anilines is 1. The van der Waals surface area contributed by atoms with Crippen LogP contribution in [0.1, 0.15) is 25.7 Å².